The molecule has 0 radical (unpaired) electrons. The van der Waals surface area contributed by atoms with Gasteiger partial charge in [0.05, 0.1) is 25.9 Å². The van der Waals surface area contributed by atoms with Gasteiger partial charge in [-0.2, -0.15) is 5.10 Å². The first-order chi connectivity index (χ1) is 13.4. The first-order valence-corrected chi connectivity index (χ1v) is 10.2. The van der Waals surface area contributed by atoms with Gasteiger partial charge in [-0.25, -0.2) is 0 Å². The highest BCUT2D eigenvalue weighted by molar-refractivity contribution is 6.30. The molecule has 6 nitrogen and oxygen atoms in total. The molecule has 7 heteroatoms. The molecule has 0 bridgehead atoms. The highest BCUT2D eigenvalue weighted by Gasteiger charge is 2.26. The summed E-state index contributed by atoms with van der Waals surface area (Å²) in [6.45, 7) is 10.3. The topological polar surface area (TPSA) is 54.7 Å². The lowest BCUT2D eigenvalue weighted by Gasteiger charge is -2.35. The maximum absolute atomic E-state index is 6.04. The number of aromatic nitrogens is 2. The summed E-state index contributed by atoms with van der Waals surface area (Å²) >= 11 is 6.04. The van der Waals surface area contributed by atoms with E-state index in [2.05, 4.69) is 48.2 Å². The molecule has 0 aliphatic carbocycles. The number of morpholine rings is 1. The fraction of sp³-hybridized carbons (Fsp3) is 0.524. The van der Waals surface area contributed by atoms with E-state index in [1.54, 1.807) is 0 Å². The highest BCUT2D eigenvalue weighted by atomic mass is 35.5. The van der Waals surface area contributed by atoms with E-state index < -0.39 is 0 Å². The maximum Gasteiger partial charge on any atom is 0.194 e. The number of hydrogen-bond donors (Lipinski definition) is 1. The molecule has 28 heavy (non-hydrogen) atoms. The average Bonchev–Trinajstić information content (AvgIpc) is 3.12. The molecule has 1 aliphatic heterocycles. The first kappa shape index (κ1) is 20.7. The van der Waals surface area contributed by atoms with E-state index in [9.17, 15) is 0 Å². The molecule has 0 amide bonds. The third-order valence-electron chi connectivity index (χ3n) is 5.05. The third-order valence-corrected chi connectivity index (χ3v) is 5.30. The standard InChI is InChI=1S/C21H30ClN5O/c1-5-23-20(24-15-21(2,3)17-6-8-18(22)9-7-17)27-10-11-28-19(14-27)16-12-25-26(4)13-16/h6-9,12-13,19H,5,10-11,14-15H2,1-4H3,(H,23,24). The molecule has 152 valence electrons. The van der Waals surface area contributed by atoms with E-state index in [0.29, 0.717) is 13.2 Å². The van der Waals surface area contributed by atoms with E-state index in [4.69, 9.17) is 21.3 Å². The van der Waals surface area contributed by atoms with E-state index in [1.165, 1.54) is 5.56 Å². The summed E-state index contributed by atoms with van der Waals surface area (Å²) in [6.07, 6.45) is 3.90. The average molecular weight is 404 g/mol. The van der Waals surface area contributed by atoms with Crippen LogP contribution in [0, 0.1) is 0 Å². The van der Waals surface area contributed by atoms with Crippen molar-refractivity contribution in [2.45, 2.75) is 32.3 Å². The zero-order valence-electron chi connectivity index (χ0n) is 17.2. The lowest BCUT2D eigenvalue weighted by atomic mass is 9.85. The minimum absolute atomic E-state index is 0.00980. The summed E-state index contributed by atoms with van der Waals surface area (Å²) in [5.74, 6) is 0.932. The Hall–Kier alpha value is -2.05. The number of hydrogen-bond acceptors (Lipinski definition) is 3. The monoisotopic (exact) mass is 403 g/mol. The zero-order valence-corrected chi connectivity index (χ0v) is 17.9. The number of rotatable bonds is 5. The third kappa shape index (κ3) is 5.06. The summed E-state index contributed by atoms with van der Waals surface area (Å²) in [4.78, 5) is 7.24. The molecule has 2 aromatic rings. The van der Waals surface area contributed by atoms with Crippen molar-refractivity contribution in [1.29, 1.82) is 0 Å². The Labute approximate surface area is 172 Å². The van der Waals surface area contributed by atoms with Crippen LogP contribution in [0.15, 0.2) is 41.7 Å². The molecule has 1 fully saturated rings. The van der Waals surface area contributed by atoms with Crippen molar-refractivity contribution in [2.24, 2.45) is 12.0 Å². The molecule has 1 aromatic carbocycles. The number of ether oxygens (including phenoxy) is 1. The molecule has 3 rings (SSSR count). The zero-order chi connectivity index (χ0) is 20.1. The quantitative estimate of drug-likeness (QED) is 0.614. The van der Waals surface area contributed by atoms with E-state index in [0.717, 1.165) is 36.2 Å². The Balaban J connectivity index is 1.73. The van der Waals surface area contributed by atoms with Gasteiger partial charge in [0.25, 0.3) is 0 Å². The van der Waals surface area contributed by atoms with Gasteiger partial charge in [-0.1, -0.05) is 37.6 Å². The molecule has 1 aliphatic rings. The Kier molecular flexibility index (Phi) is 6.62. The van der Waals surface area contributed by atoms with Gasteiger partial charge in [0.1, 0.15) is 6.10 Å². The number of aliphatic imine (C=N–C) groups is 1. The number of benzene rings is 1. The van der Waals surface area contributed by atoms with Crippen molar-refractivity contribution in [3.63, 3.8) is 0 Å². The molecule has 1 unspecified atom stereocenters. The van der Waals surface area contributed by atoms with Gasteiger partial charge in [0.2, 0.25) is 0 Å². The van der Waals surface area contributed by atoms with E-state index in [-0.39, 0.29) is 11.5 Å². The molecule has 1 N–H and O–H groups in total. The van der Waals surface area contributed by atoms with Crippen molar-refractivity contribution in [3.8, 4) is 0 Å². The van der Waals surface area contributed by atoms with Gasteiger partial charge < -0.3 is 15.0 Å². The largest absolute Gasteiger partial charge is 0.370 e. The van der Waals surface area contributed by atoms with Crippen molar-refractivity contribution in [1.82, 2.24) is 20.0 Å². The smallest absolute Gasteiger partial charge is 0.194 e. The predicted octanol–water partition coefficient (Wildman–Crippen LogP) is 3.39. The second kappa shape index (κ2) is 8.97. The summed E-state index contributed by atoms with van der Waals surface area (Å²) in [7, 11) is 1.93. The van der Waals surface area contributed by atoms with Crippen LogP contribution in [-0.2, 0) is 17.2 Å². The highest BCUT2D eigenvalue weighted by Crippen LogP contribution is 2.26. The van der Waals surface area contributed by atoms with Crippen LogP contribution in [0.2, 0.25) is 5.02 Å². The van der Waals surface area contributed by atoms with Crippen LogP contribution >= 0.6 is 11.6 Å². The van der Waals surface area contributed by atoms with Gasteiger partial charge in [-0.15, -0.1) is 0 Å². The lowest BCUT2D eigenvalue weighted by Crippen LogP contribution is -2.48. The van der Waals surface area contributed by atoms with Gasteiger partial charge in [-0.05, 0) is 24.6 Å². The lowest BCUT2D eigenvalue weighted by molar-refractivity contribution is -0.00806. The van der Waals surface area contributed by atoms with Crippen molar-refractivity contribution in [3.05, 3.63) is 52.8 Å². The van der Waals surface area contributed by atoms with Crippen molar-refractivity contribution in [2.75, 3.05) is 32.8 Å². The normalized spacial score (nSPS) is 18.4. The Bertz CT molecular complexity index is 799. The molecule has 0 saturated carbocycles. The van der Waals surface area contributed by atoms with Crippen LogP contribution in [0.1, 0.15) is 38.0 Å². The Morgan fingerprint density at radius 3 is 2.75 bits per heavy atom. The van der Waals surface area contributed by atoms with Crippen LogP contribution in [-0.4, -0.2) is 53.4 Å². The fourth-order valence-electron chi connectivity index (χ4n) is 3.34. The second-order valence-electron chi connectivity index (χ2n) is 7.81. The van der Waals surface area contributed by atoms with Crippen LogP contribution < -0.4 is 5.32 Å². The summed E-state index contributed by atoms with van der Waals surface area (Å²) in [6, 6.07) is 8.04. The van der Waals surface area contributed by atoms with Crippen LogP contribution in [0.5, 0.6) is 0 Å². The predicted molar refractivity (Wildman–Crippen MR) is 114 cm³/mol. The van der Waals surface area contributed by atoms with Crippen molar-refractivity contribution < 1.29 is 4.74 Å². The Morgan fingerprint density at radius 2 is 2.11 bits per heavy atom. The van der Waals surface area contributed by atoms with Crippen molar-refractivity contribution >= 4 is 17.6 Å². The molecule has 1 atom stereocenters. The molecule has 0 spiro atoms. The van der Waals surface area contributed by atoms with E-state index in [1.807, 2.05) is 36.3 Å². The maximum atomic E-state index is 6.04. The SMILES string of the molecule is CCNC(=NCC(C)(C)c1ccc(Cl)cc1)N1CCOC(c2cnn(C)c2)C1. The molecule has 1 aromatic heterocycles. The number of halogens is 1. The second-order valence-corrected chi connectivity index (χ2v) is 8.25. The van der Waals surface area contributed by atoms with Crippen LogP contribution in [0.3, 0.4) is 0 Å². The molecular formula is C21H30ClN5O. The molecule has 2 heterocycles. The van der Waals surface area contributed by atoms with E-state index >= 15 is 0 Å². The van der Waals surface area contributed by atoms with Crippen LogP contribution in [0.4, 0.5) is 0 Å². The molecular weight excluding hydrogens is 374 g/mol. The summed E-state index contributed by atoms with van der Waals surface area (Å²) in [5, 5.41) is 8.47. The first-order valence-electron chi connectivity index (χ1n) is 9.78. The van der Waals surface area contributed by atoms with Gasteiger partial charge in [0.15, 0.2) is 5.96 Å². The number of aryl methyl sites for hydroxylation is 1. The van der Waals surface area contributed by atoms with Crippen LogP contribution in [0.25, 0.3) is 0 Å². The fourth-order valence-corrected chi connectivity index (χ4v) is 3.47. The van der Waals surface area contributed by atoms with Gasteiger partial charge >= 0.3 is 0 Å². The summed E-state index contributed by atoms with van der Waals surface area (Å²) < 4.78 is 7.78. The number of nitrogens with zero attached hydrogens (tertiary/aromatic N) is 4. The van der Waals surface area contributed by atoms with Gasteiger partial charge in [-0.3, -0.25) is 9.67 Å². The van der Waals surface area contributed by atoms with Gasteiger partial charge in [0, 0.05) is 42.3 Å². The minimum Gasteiger partial charge on any atom is -0.370 e. The summed E-state index contributed by atoms with van der Waals surface area (Å²) in [5.41, 5.74) is 2.25. The number of guanidine groups is 1. The number of nitrogens with one attached hydrogen (secondary N) is 1. The molecule has 1 saturated heterocycles. The minimum atomic E-state index is -0.0830. The Morgan fingerprint density at radius 1 is 1.36 bits per heavy atom.